The van der Waals surface area contributed by atoms with Crippen molar-refractivity contribution < 1.29 is 4.79 Å². The topological polar surface area (TPSA) is 59.3 Å². The molecule has 3 heterocycles. The Balaban J connectivity index is 1.52. The first kappa shape index (κ1) is 18.8. The molecule has 5 aromatic rings. The monoisotopic (exact) mass is 420 g/mol. The molecule has 148 valence electrons. The standard InChI is InChI=1S/C25H16N4OS/c30-25(19-9-5-2-6-10-19)28-24-23(27-22-17-26-15-16-29(22)24)21-14-13-20(31-21)12-11-18-7-3-1-4-8-18/h1-10,13-17H,(H,28,30). The third-order valence-electron chi connectivity index (χ3n) is 4.64. The number of hydrogen-bond acceptors (Lipinski definition) is 4. The Kier molecular flexibility index (Phi) is 5.01. The highest BCUT2D eigenvalue weighted by atomic mass is 32.1. The van der Waals surface area contributed by atoms with Gasteiger partial charge in [0, 0.05) is 23.5 Å². The van der Waals surface area contributed by atoms with E-state index in [1.54, 1.807) is 30.7 Å². The molecular formula is C25H16N4OS. The molecule has 0 saturated heterocycles. The molecule has 0 bridgehead atoms. The van der Waals surface area contributed by atoms with E-state index in [9.17, 15) is 4.79 Å². The first-order valence-electron chi connectivity index (χ1n) is 9.64. The van der Waals surface area contributed by atoms with Crippen molar-refractivity contribution in [1.29, 1.82) is 0 Å². The highest BCUT2D eigenvalue weighted by Crippen LogP contribution is 2.33. The van der Waals surface area contributed by atoms with Crippen LogP contribution in [0.1, 0.15) is 20.8 Å². The van der Waals surface area contributed by atoms with Crippen molar-refractivity contribution >= 4 is 28.7 Å². The van der Waals surface area contributed by atoms with Crippen LogP contribution < -0.4 is 5.32 Å². The number of nitrogens with one attached hydrogen (secondary N) is 1. The van der Waals surface area contributed by atoms with Crippen LogP contribution in [0.25, 0.3) is 16.2 Å². The molecule has 1 N–H and O–H groups in total. The number of thiophene rings is 1. The Morgan fingerprint density at radius 3 is 2.52 bits per heavy atom. The van der Waals surface area contributed by atoms with E-state index in [2.05, 4.69) is 22.1 Å². The molecule has 0 aliphatic carbocycles. The molecule has 3 aromatic heterocycles. The fourth-order valence-corrected chi connectivity index (χ4v) is 4.01. The number of amides is 1. The normalized spacial score (nSPS) is 10.5. The van der Waals surface area contributed by atoms with Gasteiger partial charge in [0.1, 0.15) is 11.5 Å². The average molecular weight is 420 g/mol. The summed E-state index contributed by atoms with van der Waals surface area (Å²) in [5, 5.41) is 3.02. The number of rotatable bonds is 3. The molecule has 31 heavy (non-hydrogen) atoms. The number of fused-ring (bicyclic) bond motifs is 1. The number of aromatic nitrogens is 3. The smallest absolute Gasteiger partial charge is 0.256 e. The van der Waals surface area contributed by atoms with Crippen molar-refractivity contribution in [2.24, 2.45) is 0 Å². The molecule has 0 radical (unpaired) electrons. The first-order valence-corrected chi connectivity index (χ1v) is 10.5. The van der Waals surface area contributed by atoms with E-state index in [-0.39, 0.29) is 5.91 Å². The summed E-state index contributed by atoms with van der Waals surface area (Å²) in [5.41, 5.74) is 2.89. The predicted molar refractivity (Wildman–Crippen MR) is 123 cm³/mol. The van der Waals surface area contributed by atoms with E-state index in [1.807, 2.05) is 65.1 Å². The second-order valence-corrected chi connectivity index (χ2v) is 7.80. The maximum atomic E-state index is 12.8. The van der Waals surface area contributed by atoms with Crippen molar-refractivity contribution in [2.75, 3.05) is 5.32 Å². The third kappa shape index (κ3) is 3.95. The van der Waals surface area contributed by atoms with Crippen LogP contribution >= 0.6 is 11.3 Å². The molecule has 0 unspecified atom stereocenters. The van der Waals surface area contributed by atoms with Crippen LogP contribution in [-0.4, -0.2) is 20.3 Å². The second kappa shape index (κ2) is 8.27. The Morgan fingerprint density at radius 1 is 0.935 bits per heavy atom. The lowest BCUT2D eigenvalue weighted by atomic mass is 10.2. The molecule has 0 aliphatic heterocycles. The maximum Gasteiger partial charge on any atom is 0.256 e. The number of carbonyl (C=O) groups excluding carboxylic acids is 1. The lowest BCUT2D eigenvalue weighted by Crippen LogP contribution is -2.13. The van der Waals surface area contributed by atoms with Crippen molar-refractivity contribution in [3.05, 3.63) is 107 Å². The predicted octanol–water partition coefficient (Wildman–Crippen LogP) is 5.11. The number of hydrogen-bond donors (Lipinski definition) is 1. The Labute approximate surface area is 183 Å². The van der Waals surface area contributed by atoms with E-state index >= 15 is 0 Å². The van der Waals surface area contributed by atoms with Crippen LogP contribution in [0.5, 0.6) is 0 Å². The SMILES string of the molecule is O=C(Nc1c(-c2ccc(C#Cc3ccccc3)s2)nc2cnccn12)c1ccccc1. The second-order valence-electron chi connectivity index (χ2n) is 6.71. The maximum absolute atomic E-state index is 12.8. The summed E-state index contributed by atoms with van der Waals surface area (Å²) in [6.45, 7) is 0. The van der Waals surface area contributed by atoms with E-state index in [0.29, 0.717) is 22.7 Å². The number of anilines is 1. The van der Waals surface area contributed by atoms with Gasteiger partial charge >= 0.3 is 0 Å². The number of benzene rings is 2. The zero-order valence-electron chi connectivity index (χ0n) is 16.3. The van der Waals surface area contributed by atoms with E-state index in [1.165, 1.54) is 11.3 Å². The Hall–Kier alpha value is -4.21. The largest absolute Gasteiger partial charge is 0.306 e. The summed E-state index contributed by atoms with van der Waals surface area (Å²) < 4.78 is 1.83. The summed E-state index contributed by atoms with van der Waals surface area (Å²) in [4.78, 5) is 23.5. The van der Waals surface area contributed by atoms with E-state index < -0.39 is 0 Å². The highest BCUT2D eigenvalue weighted by Gasteiger charge is 2.18. The minimum absolute atomic E-state index is 0.193. The molecule has 0 aliphatic rings. The highest BCUT2D eigenvalue weighted by molar-refractivity contribution is 7.16. The van der Waals surface area contributed by atoms with Crippen molar-refractivity contribution in [3.63, 3.8) is 0 Å². The summed E-state index contributed by atoms with van der Waals surface area (Å²) >= 11 is 1.54. The quantitative estimate of drug-likeness (QED) is 0.413. The Morgan fingerprint density at radius 2 is 1.71 bits per heavy atom. The summed E-state index contributed by atoms with van der Waals surface area (Å²) in [7, 11) is 0. The summed E-state index contributed by atoms with van der Waals surface area (Å²) in [6, 6.07) is 22.9. The lowest BCUT2D eigenvalue weighted by molar-refractivity contribution is 0.102. The minimum Gasteiger partial charge on any atom is -0.306 e. The molecule has 1 amide bonds. The molecular weight excluding hydrogens is 404 g/mol. The van der Waals surface area contributed by atoms with Crippen molar-refractivity contribution in [2.45, 2.75) is 0 Å². The minimum atomic E-state index is -0.193. The van der Waals surface area contributed by atoms with Gasteiger partial charge in [-0.15, -0.1) is 11.3 Å². The van der Waals surface area contributed by atoms with Gasteiger partial charge in [0.25, 0.3) is 5.91 Å². The number of imidazole rings is 1. The van der Waals surface area contributed by atoms with Gasteiger partial charge in [0.05, 0.1) is 16.0 Å². The average Bonchev–Trinajstić information content (AvgIpc) is 3.44. The lowest BCUT2D eigenvalue weighted by Gasteiger charge is -2.07. The van der Waals surface area contributed by atoms with Gasteiger partial charge in [0.15, 0.2) is 5.65 Å². The van der Waals surface area contributed by atoms with Crippen LogP contribution in [-0.2, 0) is 0 Å². The van der Waals surface area contributed by atoms with Crippen molar-refractivity contribution in [1.82, 2.24) is 14.4 Å². The van der Waals surface area contributed by atoms with Gasteiger partial charge in [-0.1, -0.05) is 48.2 Å². The van der Waals surface area contributed by atoms with Gasteiger partial charge in [-0.05, 0) is 36.4 Å². The molecule has 6 heteroatoms. The fraction of sp³-hybridized carbons (Fsp3) is 0. The summed E-state index contributed by atoms with van der Waals surface area (Å²) in [6.07, 6.45) is 5.13. The molecule has 5 rings (SSSR count). The van der Waals surface area contributed by atoms with Crippen LogP contribution in [0.2, 0.25) is 0 Å². The molecule has 0 saturated carbocycles. The molecule has 0 fully saturated rings. The number of nitrogens with zero attached hydrogens (tertiary/aromatic N) is 3. The molecule has 5 nitrogen and oxygen atoms in total. The summed E-state index contributed by atoms with van der Waals surface area (Å²) in [5.74, 6) is 6.79. The fourth-order valence-electron chi connectivity index (χ4n) is 3.15. The Bertz CT molecular complexity index is 1430. The number of carbonyl (C=O) groups is 1. The third-order valence-corrected chi connectivity index (χ3v) is 5.65. The van der Waals surface area contributed by atoms with Crippen LogP contribution in [0, 0.1) is 11.8 Å². The van der Waals surface area contributed by atoms with Gasteiger partial charge in [-0.3, -0.25) is 14.2 Å². The zero-order valence-corrected chi connectivity index (χ0v) is 17.1. The van der Waals surface area contributed by atoms with Gasteiger partial charge < -0.3 is 5.32 Å². The first-order chi connectivity index (χ1) is 15.3. The van der Waals surface area contributed by atoms with E-state index in [0.717, 1.165) is 15.3 Å². The van der Waals surface area contributed by atoms with Gasteiger partial charge in [-0.25, -0.2) is 4.98 Å². The molecule has 2 aromatic carbocycles. The molecule has 0 spiro atoms. The van der Waals surface area contributed by atoms with Crippen LogP contribution in [0.15, 0.2) is 91.4 Å². The van der Waals surface area contributed by atoms with Crippen molar-refractivity contribution in [3.8, 4) is 22.4 Å². The van der Waals surface area contributed by atoms with Crippen LogP contribution in [0.4, 0.5) is 5.82 Å². The van der Waals surface area contributed by atoms with Crippen LogP contribution in [0.3, 0.4) is 0 Å². The molecule has 0 atom stereocenters. The van der Waals surface area contributed by atoms with E-state index in [4.69, 9.17) is 4.98 Å². The van der Waals surface area contributed by atoms with Gasteiger partial charge in [-0.2, -0.15) is 0 Å². The zero-order chi connectivity index (χ0) is 21.0. The van der Waals surface area contributed by atoms with Gasteiger partial charge in [0.2, 0.25) is 0 Å².